The summed E-state index contributed by atoms with van der Waals surface area (Å²) in [6.45, 7) is 7.02. The fraction of sp³-hybridized carbons (Fsp3) is 0.533. The highest BCUT2D eigenvalue weighted by Crippen LogP contribution is 2.18. The van der Waals surface area contributed by atoms with Crippen molar-refractivity contribution in [2.24, 2.45) is 0 Å². The average Bonchev–Trinajstić information content (AvgIpc) is 2.38. The summed E-state index contributed by atoms with van der Waals surface area (Å²) in [4.78, 5) is 14.3. The van der Waals surface area contributed by atoms with Gasteiger partial charge in [-0.25, -0.2) is 0 Å². The van der Waals surface area contributed by atoms with Crippen molar-refractivity contribution in [3.8, 4) is 0 Å². The zero-order valence-electron chi connectivity index (χ0n) is 12.5. The van der Waals surface area contributed by atoms with E-state index in [9.17, 15) is 4.79 Å². The lowest BCUT2D eigenvalue weighted by atomic mass is 10.1. The number of thioether (sulfide) groups is 1. The lowest BCUT2D eigenvalue weighted by molar-refractivity contribution is 0.0757. The van der Waals surface area contributed by atoms with Crippen LogP contribution in [0.3, 0.4) is 0 Å². The first-order valence-corrected chi connectivity index (χ1v) is 8.01. The molecule has 1 N–H and O–H groups in total. The van der Waals surface area contributed by atoms with Crippen molar-refractivity contribution in [1.82, 2.24) is 4.90 Å². The first kappa shape index (κ1) is 15.9. The molecule has 0 heterocycles. The molecule has 1 aromatic carbocycles. The number of amides is 1. The highest BCUT2D eigenvalue weighted by molar-refractivity contribution is 7.98. The molecule has 0 saturated heterocycles. The number of hydrogen-bond acceptors (Lipinski definition) is 3. The molecular weight excluding hydrogens is 256 g/mol. The third-order valence-electron chi connectivity index (χ3n) is 3.23. The maximum absolute atomic E-state index is 12.4. The van der Waals surface area contributed by atoms with Gasteiger partial charge in [-0.3, -0.25) is 4.79 Å². The Labute approximate surface area is 120 Å². The van der Waals surface area contributed by atoms with Crippen molar-refractivity contribution in [1.29, 1.82) is 0 Å². The van der Waals surface area contributed by atoms with Gasteiger partial charge in [0.15, 0.2) is 0 Å². The number of carbonyl (C=O) groups excluding carboxylic acids is 1. The van der Waals surface area contributed by atoms with E-state index in [0.29, 0.717) is 0 Å². The minimum absolute atomic E-state index is 0.0992. The molecule has 0 aliphatic heterocycles. The molecular formula is C15H24N2OS. The number of nitrogens with zero attached hydrogens (tertiary/aromatic N) is 1. The van der Waals surface area contributed by atoms with Crippen molar-refractivity contribution in [3.05, 3.63) is 29.3 Å². The van der Waals surface area contributed by atoms with Gasteiger partial charge < -0.3 is 10.2 Å². The van der Waals surface area contributed by atoms with E-state index in [0.717, 1.165) is 29.1 Å². The highest BCUT2D eigenvalue weighted by Gasteiger charge is 2.18. The molecule has 0 aliphatic carbocycles. The number of rotatable bonds is 6. The summed E-state index contributed by atoms with van der Waals surface area (Å²) in [6.07, 6.45) is 2.06. The fourth-order valence-electron chi connectivity index (χ4n) is 1.96. The molecule has 106 valence electrons. The van der Waals surface area contributed by atoms with Crippen LogP contribution in [0.5, 0.6) is 0 Å². The van der Waals surface area contributed by atoms with Crippen molar-refractivity contribution in [2.45, 2.75) is 26.8 Å². The molecule has 0 aromatic heterocycles. The van der Waals surface area contributed by atoms with Crippen LogP contribution >= 0.6 is 11.8 Å². The van der Waals surface area contributed by atoms with Gasteiger partial charge in [-0.1, -0.05) is 0 Å². The Bertz CT molecular complexity index is 434. The Morgan fingerprint density at radius 2 is 2.16 bits per heavy atom. The molecule has 0 spiro atoms. The summed E-state index contributed by atoms with van der Waals surface area (Å²) < 4.78 is 0. The smallest absolute Gasteiger partial charge is 0.254 e. The van der Waals surface area contributed by atoms with Gasteiger partial charge in [0.05, 0.1) is 0 Å². The molecule has 19 heavy (non-hydrogen) atoms. The third kappa shape index (κ3) is 4.16. The summed E-state index contributed by atoms with van der Waals surface area (Å²) in [7, 11) is 1.88. The first-order chi connectivity index (χ1) is 9.01. The van der Waals surface area contributed by atoms with Gasteiger partial charge in [0.1, 0.15) is 0 Å². The molecule has 1 unspecified atom stereocenters. The second-order valence-corrected chi connectivity index (χ2v) is 5.69. The van der Waals surface area contributed by atoms with Crippen molar-refractivity contribution in [3.63, 3.8) is 0 Å². The van der Waals surface area contributed by atoms with Crippen LogP contribution in [0.2, 0.25) is 0 Å². The largest absolute Gasteiger partial charge is 0.385 e. The lowest BCUT2D eigenvalue weighted by Crippen LogP contribution is -2.36. The van der Waals surface area contributed by atoms with Crippen LogP contribution in [-0.2, 0) is 0 Å². The lowest BCUT2D eigenvalue weighted by Gasteiger charge is -2.25. The molecule has 0 radical (unpaired) electrons. The van der Waals surface area contributed by atoms with E-state index >= 15 is 0 Å². The van der Waals surface area contributed by atoms with Gasteiger partial charge in [-0.05, 0) is 50.8 Å². The van der Waals surface area contributed by atoms with Crippen molar-refractivity contribution in [2.75, 3.05) is 30.9 Å². The SMILES string of the molecule is CCNc1ccc(C(=O)N(C)C(C)CSC)c(C)c1. The Balaban J connectivity index is 2.87. The highest BCUT2D eigenvalue weighted by atomic mass is 32.2. The molecule has 0 saturated carbocycles. The topological polar surface area (TPSA) is 32.3 Å². The Morgan fingerprint density at radius 1 is 1.47 bits per heavy atom. The zero-order valence-corrected chi connectivity index (χ0v) is 13.3. The van der Waals surface area contributed by atoms with Crippen molar-refractivity contribution >= 4 is 23.4 Å². The van der Waals surface area contributed by atoms with Gasteiger partial charge in [0, 0.05) is 36.6 Å². The standard InChI is InChI=1S/C15H24N2OS/c1-6-16-13-7-8-14(11(2)9-13)15(18)17(4)12(3)10-19-5/h7-9,12,16H,6,10H2,1-5H3. The fourth-order valence-corrected chi connectivity index (χ4v) is 2.67. The predicted octanol–water partition coefficient (Wildman–Crippen LogP) is 3.25. The maximum atomic E-state index is 12.4. The van der Waals surface area contributed by atoms with Crippen LogP contribution in [0.4, 0.5) is 5.69 Å². The van der Waals surface area contributed by atoms with Crippen molar-refractivity contribution < 1.29 is 4.79 Å². The summed E-state index contributed by atoms with van der Waals surface area (Å²) in [5.74, 6) is 1.05. The number of hydrogen-bond donors (Lipinski definition) is 1. The molecule has 4 heteroatoms. The Hall–Kier alpha value is -1.16. The normalized spacial score (nSPS) is 12.1. The molecule has 0 fully saturated rings. The summed E-state index contributed by atoms with van der Waals surface area (Å²) in [5.41, 5.74) is 2.88. The monoisotopic (exact) mass is 280 g/mol. The molecule has 1 rings (SSSR count). The zero-order chi connectivity index (χ0) is 14.4. The number of nitrogens with one attached hydrogen (secondary N) is 1. The Morgan fingerprint density at radius 3 is 2.68 bits per heavy atom. The van der Waals surface area contributed by atoms with Gasteiger partial charge in [-0.15, -0.1) is 0 Å². The number of carbonyl (C=O) groups is 1. The molecule has 0 bridgehead atoms. The van der Waals surface area contributed by atoms with E-state index in [1.807, 2.05) is 37.1 Å². The average molecular weight is 280 g/mol. The molecule has 1 amide bonds. The van der Waals surface area contributed by atoms with Gasteiger partial charge in [0.2, 0.25) is 0 Å². The van der Waals surface area contributed by atoms with Crippen LogP contribution in [0.25, 0.3) is 0 Å². The number of anilines is 1. The Kier molecular flexibility index (Phi) is 6.22. The molecule has 0 aliphatic rings. The van der Waals surface area contributed by atoms with E-state index < -0.39 is 0 Å². The molecule has 1 atom stereocenters. The van der Waals surface area contributed by atoms with E-state index in [4.69, 9.17) is 0 Å². The predicted molar refractivity (Wildman–Crippen MR) is 85.3 cm³/mol. The summed E-state index contributed by atoms with van der Waals surface area (Å²) >= 11 is 1.76. The second kappa shape index (κ2) is 7.43. The van der Waals surface area contributed by atoms with E-state index in [1.54, 1.807) is 11.8 Å². The van der Waals surface area contributed by atoms with Gasteiger partial charge in [-0.2, -0.15) is 11.8 Å². The van der Waals surface area contributed by atoms with E-state index in [1.165, 1.54) is 0 Å². The number of aryl methyl sites for hydroxylation is 1. The maximum Gasteiger partial charge on any atom is 0.254 e. The van der Waals surface area contributed by atoms with Crippen LogP contribution in [0.1, 0.15) is 29.8 Å². The first-order valence-electron chi connectivity index (χ1n) is 6.61. The van der Waals surface area contributed by atoms with E-state index in [-0.39, 0.29) is 11.9 Å². The van der Waals surface area contributed by atoms with Gasteiger partial charge >= 0.3 is 0 Å². The summed E-state index contributed by atoms with van der Waals surface area (Å²) in [6, 6.07) is 6.16. The molecule has 1 aromatic rings. The quantitative estimate of drug-likeness (QED) is 0.868. The minimum Gasteiger partial charge on any atom is -0.385 e. The molecule has 3 nitrogen and oxygen atoms in total. The second-order valence-electron chi connectivity index (χ2n) is 4.78. The summed E-state index contributed by atoms with van der Waals surface area (Å²) in [5, 5.41) is 3.26. The van der Waals surface area contributed by atoms with Crippen LogP contribution in [-0.4, -0.2) is 42.4 Å². The third-order valence-corrected chi connectivity index (χ3v) is 4.04. The van der Waals surface area contributed by atoms with Crippen LogP contribution in [0, 0.1) is 6.92 Å². The van der Waals surface area contributed by atoms with Crippen LogP contribution < -0.4 is 5.32 Å². The van der Waals surface area contributed by atoms with Crippen LogP contribution in [0.15, 0.2) is 18.2 Å². The van der Waals surface area contributed by atoms with E-state index in [2.05, 4.69) is 25.4 Å². The minimum atomic E-state index is 0.0992. The number of benzene rings is 1. The van der Waals surface area contributed by atoms with Gasteiger partial charge in [0.25, 0.3) is 5.91 Å².